The van der Waals surface area contributed by atoms with E-state index in [0.29, 0.717) is 0 Å². The van der Waals surface area contributed by atoms with Crippen molar-refractivity contribution in [2.24, 2.45) is 0 Å². The van der Waals surface area contributed by atoms with Gasteiger partial charge in [0.05, 0.1) is 13.0 Å². The minimum Gasteiger partial charge on any atom is -0.481 e. The van der Waals surface area contributed by atoms with Crippen LogP contribution in [0.4, 0.5) is 0 Å². The van der Waals surface area contributed by atoms with Gasteiger partial charge in [-0.05, 0) is 0 Å². The summed E-state index contributed by atoms with van der Waals surface area (Å²) in [6, 6.07) is -0.927. The molecule has 1 atom stereocenters. The van der Waals surface area contributed by atoms with Gasteiger partial charge < -0.3 is 15.7 Å². The average molecular weight is 172 g/mol. The quantitative estimate of drug-likeness (QED) is 0.452. The van der Waals surface area contributed by atoms with Crippen LogP contribution >= 0.6 is 0 Å². The van der Waals surface area contributed by atoms with Crippen molar-refractivity contribution >= 4 is 17.8 Å². The third-order valence-corrected chi connectivity index (χ3v) is 1.45. The summed E-state index contributed by atoms with van der Waals surface area (Å²) in [4.78, 5) is 31.8. The van der Waals surface area contributed by atoms with Crippen LogP contribution in [0.5, 0.6) is 0 Å². The first kappa shape index (κ1) is 8.51. The van der Waals surface area contributed by atoms with E-state index in [0.717, 1.165) is 0 Å². The molecule has 1 fully saturated rings. The van der Waals surface area contributed by atoms with Crippen LogP contribution in [0.15, 0.2) is 0 Å². The SMILES string of the molecule is O=C(O)C[C@H]1NC(=O)CNC1=O. The highest BCUT2D eigenvalue weighted by Gasteiger charge is 2.27. The Kier molecular flexibility index (Phi) is 2.27. The molecule has 1 rings (SSSR count). The number of rotatable bonds is 2. The van der Waals surface area contributed by atoms with Gasteiger partial charge in [0.1, 0.15) is 6.04 Å². The molecule has 0 spiro atoms. The molecule has 0 aromatic carbocycles. The maximum atomic E-state index is 10.9. The topological polar surface area (TPSA) is 95.5 Å². The van der Waals surface area contributed by atoms with Crippen molar-refractivity contribution in [3.05, 3.63) is 0 Å². The molecule has 6 heteroatoms. The van der Waals surface area contributed by atoms with Crippen LogP contribution in [0, 0.1) is 0 Å². The minimum absolute atomic E-state index is 0.0745. The monoisotopic (exact) mass is 172 g/mol. The molecule has 3 N–H and O–H groups in total. The van der Waals surface area contributed by atoms with Gasteiger partial charge in [0.25, 0.3) is 0 Å². The third-order valence-electron chi connectivity index (χ3n) is 1.45. The van der Waals surface area contributed by atoms with Crippen LogP contribution in [0.3, 0.4) is 0 Å². The van der Waals surface area contributed by atoms with Gasteiger partial charge in [0, 0.05) is 0 Å². The number of carboxylic acids is 1. The number of carbonyl (C=O) groups excluding carboxylic acids is 2. The summed E-state index contributed by atoms with van der Waals surface area (Å²) in [5.41, 5.74) is 0. The zero-order valence-corrected chi connectivity index (χ0v) is 6.16. The van der Waals surface area contributed by atoms with Crippen LogP contribution in [0.1, 0.15) is 6.42 Å². The van der Waals surface area contributed by atoms with Crippen molar-refractivity contribution in [3.63, 3.8) is 0 Å². The number of hydrogen-bond donors (Lipinski definition) is 3. The van der Waals surface area contributed by atoms with E-state index in [1.165, 1.54) is 0 Å². The number of piperazine rings is 1. The maximum Gasteiger partial charge on any atom is 0.305 e. The maximum absolute atomic E-state index is 10.9. The number of nitrogens with one attached hydrogen (secondary N) is 2. The first-order valence-corrected chi connectivity index (χ1v) is 3.38. The first-order valence-electron chi connectivity index (χ1n) is 3.38. The second kappa shape index (κ2) is 3.21. The molecule has 0 aliphatic carbocycles. The van der Waals surface area contributed by atoms with Gasteiger partial charge >= 0.3 is 5.97 Å². The summed E-state index contributed by atoms with van der Waals surface area (Å²) in [5.74, 6) is -1.92. The fourth-order valence-electron chi connectivity index (χ4n) is 0.920. The number of hydrogen-bond acceptors (Lipinski definition) is 3. The van der Waals surface area contributed by atoms with Crippen LogP contribution in [0.2, 0.25) is 0 Å². The number of carbonyl (C=O) groups is 3. The molecule has 1 aliphatic heterocycles. The fraction of sp³-hybridized carbons (Fsp3) is 0.500. The Balaban J connectivity index is 2.55. The Morgan fingerprint density at radius 2 is 2.25 bits per heavy atom. The molecule has 0 aromatic heterocycles. The molecule has 1 saturated heterocycles. The molecule has 2 amide bonds. The van der Waals surface area contributed by atoms with Crippen molar-refractivity contribution in [2.75, 3.05) is 6.54 Å². The second-order valence-corrected chi connectivity index (χ2v) is 2.44. The summed E-state index contributed by atoms with van der Waals surface area (Å²) in [6.45, 7) is -0.0745. The highest BCUT2D eigenvalue weighted by Crippen LogP contribution is 1.95. The van der Waals surface area contributed by atoms with E-state index >= 15 is 0 Å². The van der Waals surface area contributed by atoms with E-state index in [1.54, 1.807) is 0 Å². The Labute approximate surface area is 67.9 Å². The molecule has 0 saturated carbocycles. The van der Waals surface area contributed by atoms with Gasteiger partial charge in [-0.2, -0.15) is 0 Å². The minimum atomic E-state index is -1.11. The van der Waals surface area contributed by atoms with E-state index in [-0.39, 0.29) is 18.9 Å². The lowest BCUT2D eigenvalue weighted by Gasteiger charge is -2.21. The Bertz CT molecular complexity index is 236. The molecule has 0 radical (unpaired) electrons. The van der Waals surface area contributed by atoms with Crippen LogP contribution in [-0.4, -0.2) is 35.5 Å². The molecule has 0 unspecified atom stereocenters. The predicted octanol–water partition coefficient (Wildman–Crippen LogP) is -1.92. The molecule has 66 valence electrons. The van der Waals surface area contributed by atoms with Crippen molar-refractivity contribution in [2.45, 2.75) is 12.5 Å². The molecule has 0 bridgehead atoms. The summed E-state index contributed by atoms with van der Waals surface area (Å²) >= 11 is 0. The number of carboxylic acid groups (broad SMARTS) is 1. The molecular formula is C6H8N2O4. The summed E-state index contributed by atoms with van der Waals surface area (Å²) in [6.07, 6.45) is -0.377. The van der Waals surface area contributed by atoms with Gasteiger partial charge in [-0.25, -0.2) is 0 Å². The van der Waals surface area contributed by atoms with Crippen molar-refractivity contribution in [1.29, 1.82) is 0 Å². The van der Waals surface area contributed by atoms with E-state index in [1.807, 2.05) is 0 Å². The standard InChI is InChI=1S/C6H8N2O4/c9-4-2-7-6(12)3(8-4)1-5(10)11/h3H,1-2H2,(H,7,12)(H,8,9)(H,10,11)/t3-/m1/s1. The third kappa shape index (κ3) is 1.94. The van der Waals surface area contributed by atoms with Gasteiger partial charge in [0.15, 0.2) is 0 Å². The van der Waals surface area contributed by atoms with E-state index < -0.39 is 17.9 Å². The normalized spacial score (nSPS) is 22.8. The average Bonchev–Trinajstić information content (AvgIpc) is 1.96. The Morgan fingerprint density at radius 1 is 1.58 bits per heavy atom. The molecule has 1 aliphatic rings. The fourth-order valence-corrected chi connectivity index (χ4v) is 0.920. The van der Waals surface area contributed by atoms with Gasteiger partial charge in [0.2, 0.25) is 11.8 Å². The van der Waals surface area contributed by atoms with Crippen molar-refractivity contribution in [3.8, 4) is 0 Å². The number of aliphatic carboxylic acids is 1. The molecule has 6 nitrogen and oxygen atoms in total. The second-order valence-electron chi connectivity index (χ2n) is 2.44. The Hall–Kier alpha value is -1.59. The zero-order chi connectivity index (χ0) is 9.14. The zero-order valence-electron chi connectivity index (χ0n) is 6.16. The molecular weight excluding hydrogens is 164 g/mol. The van der Waals surface area contributed by atoms with Gasteiger partial charge in [-0.15, -0.1) is 0 Å². The first-order chi connectivity index (χ1) is 5.59. The highest BCUT2D eigenvalue weighted by atomic mass is 16.4. The largest absolute Gasteiger partial charge is 0.481 e. The van der Waals surface area contributed by atoms with Crippen LogP contribution in [0.25, 0.3) is 0 Å². The van der Waals surface area contributed by atoms with E-state index in [2.05, 4.69) is 10.6 Å². The van der Waals surface area contributed by atoms with Crippen LogP contribution < -0.4 is 10.6 Å². The predicted molar refractivity (Wildman–Crippen MR) is 37.2 cm³/mol. The molecule has 0 aromatic rings. The Morgan fingerprint density at radius 3 is 2.83 bits per heavy atom. The van der Waals surface area contributed by atoms with Crippen LogP contribution in [-0.2, 0) is 14.4 Å². The van der Waals surface area contributed by atoms with Crippen molar-refractivity contribution < 1.29 is 19.5 Å². The lowest BCUT2D eigenvalue weighted by atomic mass is 10.1. The van der Waals surface area contributed by atoms with E-state index in [9.17, 15) is 14.4 Å². The van der Waals surface area contributed by atoms with Gasteiger partial charge in [-0.1, -0.05) is 0 Å². The lowest BCUT2D eigenvalue weighted by Crippen LogP contribution is -2.56. The lowest BCUT2D eigenvalue weighted by molar-refractivity contribution is -0.142. The number of amides is 2. The van der Waals surface area contributed by atoms with E-state index in [4.69, 9.17) is 5.11 Å². The van der Waals surface area contributed by atoms with Gasteiger partial charge in [-0.3, -0.25) is 14.4 Å². The highest BCUT2D eigenvalue weighted by molar-refractivity contribution is 5.96. The molecule has 1 heterocycles. The summed E-state index contributed by atoms with van der Waals surface area (Å²) < 4.78 is 0. The summed E-state index contributed by atoms with van der Waals surface area (Å²) in [5, 5.41) is 12.9. The molecule has 12 heavy (non-hydrogen) atoms. The summed E-state index contributed by atoms with van der Waals surface area (Å²) in [7, 11) is 0. The van der Waals surface area contributed by atoms with Crippen molar-refractivity contribution in [1.82, 2.24) is 10.6 Å². The smallest absolute Gasteiger partial charge is 0.305 e.